The number of hydrogen-bond acceptors (Lipinski definition) is 0. The number of halogens is 6. The molecule has 0 N–H and O–H groups in total. The molecular formula is C18H24ClF5. The summed E-state index contributed by atoms with van der Waals surface area (Å²) in [7, 11) is 0. The fourth-order valence-corrected chi connectivity index (χ4v) is 3.06. The maximum atomic E-state index is 14.0. The van der Waals surface area contributed by atoms with E-state index in [1.807, 2.05) is 0 Å². The van der Waals surface area contributed by atoms with Crippen LogP contribution in [0, 0.1) is 29.1 Å². The molecule has 0 heterocycles. The van der Waals surface area contributed by atoms with Crippen molar-refractivity contribution in [3.63, 3.8) is 0 Å². The monoisotopic (exact) mass is 370 g/mol. The van der Waals surface area contributed by atoms with E-state index in [-0.39, 0.29) is 0 Å². The zero-order chi connectivity index (χ0) is 18.5. The highest BCUT2D eigenvalue weighted by Gasteiger charge is 2.39. The van der Waals surface area contributed by atoms with E-state index in [9.17, 15) is 22.0 Å². The van der Waals surface area contributed by atoms with Gasteiger partial charge in [-0.05, 0) is 6.42 Å². The third kappa shape index (κ3) is 4.62. The number of benzene rings is 1. The van der Waals surface area contributed by atoms with Crippen molar-refractivity contribution in [2.75, 3.05) is 0 Å². The van der Waals surface area contributed by atoms with E-state index in [0.29, 0.717) is 6.42 Å². The second-order valence-corrected chi connectivity index (χ2v) is 7.22. The Morgan fingerprint density at radius 1 is 0.750 bits per heavy atom. The Hall–Kier alpha value is -0.840. The Balaban J connectivity index is 2.88. The van der Waals surface area contributed by atoms with Crippen molar-refractivity contribution in [3.8, 4) is 0 Å². The second kappa shape index (κ2) is 9.02. The van der Waals surface area contributed by atoms with Gasteiger partial charge in [-0.3, -0.25) is 0 Å². The van der Waals surface area contributed by atoms with E-state index >= 15 is 0 Å². The van der Waals surface area contributed by atoms with Gasteiger partial charge in [0, 0.05) is 16.4 Å². The minimum Gasteiger partial charge on any atom is -0.203 e. The summed E-state index contributed by atoms with van der Waals surface area (Å²) < 4.78 is 68.0. The van der Waals surface area contributed by atoms with Crippen molar-refractivity contribution in [1.82, 2.24) is 0 Å². The van der Waals surface area contributed by atoms with Gasteiger partial charge < -0.3 is 0 Å². The Morgan fingerprint density at radius 3 is 1.67 bits per heavy atom. The van der Waals surface area contributed by atoms with E-state index < -0.39 is 45.4 Å². The highest BCUT2D eigenvalue weighted by Crippen LogP contribution is 2.39. The average molecular weight is 371 g/mol. The van der Waals surface area contributed by atoms with E-state index in [0.717, 1.165) is 38.5 Å². The van der Waals surface area contributed by atoms with Crippen LogP contribution in [0.2, 0.25) is 0 Å². The molecule has 1 rings (SSSR count). The molecule has 0 radical (unpaired) electrons. The predicted octanol–water partition coefficient (Wildman–Crippen LogP) is 7.02. The largest absolute Gasteiger partial charge is 0.203 e. The fourth-order valence-electron chi connectivity index (χ4n) is 2.79. The number of alkyl halides is 1. The van der Waals surface area contributed by atoms with Gasteiger partial charge in [0.2, 0.25) is 5.82 Å². The SMILES string of the molecule is CCCCCCCCC(Cl)C(C)(C)c1c(F)c(F)c(F)c(F)c1F. The minimum absolute atomic E-state index is 0.445. The molecule has 1 aromatic carbocycles. The Kier molecular flexibility index (Phi) is 7.97. The molecule has 0 spiro atoms. The van der Waals surface area contributed by atoms with Crippen molar-refractivity contribution in [2.24, 2.45) is 0 Å². The highest BCUT2D eigenvalue weighted by molar-refractivity contribution is 6.21. The molecule has 1 atom stereocenters. The summed E-state index contributed by atoms with van der Waals surface area (Å²) in [5, 5.41) is -0.739. The zero-order valence-corrected chi connectivity index (χ0v) is 15.1. The predicted molar refractivity (Wildman–Crippen MR) is 86.9 cm³/mol. The first-order valence-electron chi connectivity index (χ1n) is 8.32. The van der Waals surface area contributed by atoms with Gasteiger partial charge in [0.05, 0.1) is 0 Å². The molecule has 0 aliphatic carbocycles. The first-order chi connectivity index (χ1) is 11.2. The molecule has 1 aromatic rings. The molecule has 0 aliphatic rings. The summed E-state index contributed by atoms with van der Waals surface area (Å²) in [5.74, 6) is -9.61. The van der Waals surface area contributed by atoms with Gasteiger partial charge in [0.15, 0.2) is 23.3 Å². The molecular weight excluding hydrogens is 347 g/mol. The lowest BCUT2D eigenvalue weighted by atomic mass is 9.78. The molecule has 24 heavy (non-hydrogen) atoms. The molecule has 0 amide bonds. The summed E-state index contributed by atoms with van der Waals surface area (Å²) >= 11 is 6.26. The van der Waals surface area contributed by atoms with Crippen LogP contribution >= 0.6 is 11.6 Å². The van der Waals surface area contributed by atoms with Crippen LogP contribution in [0.4, 0.5) is 22.0 Å². The van der Waals surface area contributed by atoms with Crippen LogP contribution in [0.15, 0.2) is 0 Å². The van der Waals surface area contributed by atoms with E-state index in [4.69, 9.17) is 11.6 Å². The molecule has 0 nitrogen and oxygen atoms in total. The Morgan fingerprint density at radius 2 is 1.17 bits per heavy atom. The zero-order valence-electron chi connectivity index (χ0n) is 14.3. The highest BCUT2D eigenvalue weighted by atomic mass is 35.5. The first kappa shape index (κ1) is 21.2. The average Bonchev–Trinajstić information content (AvgIpc) is 2.54. The van der Waals surface area contributed by atoms with Crippen molar-refractivity contribution in [1.29, 1.82) is 0 Å². The van der Waals surface area contributed by atoms with Crippen LogP contribution < -0.4 is 0 Å². The molecule has 0 aliphatic heterocycles. The van der Waals surface area contributed by atoms with Gasteiger partial charge in [-0.1, -0.05) is 59.3 Å². The molecule has 0 saturated carbocycles. The van der Waals surface area contributed by atoms with Gasteiger partial charge >= 0.3 is 0 Å². The maximum absolute atomic E-state index is 14.0. The van der Waals surface area contributed by atoms with Gasteiger partial charge in [0.25, 0.3) is 0 Å². The summed E-state index contributed by atoms with van der Waals surface area (Å²) in [6.07, 6.45) is 6.56. The lowest BCUT2D eigenvalue weighted by Crippen LogP contribution is -2.33. The smallest absolute Gasteiger partial charge is 0.200 e. The third-order valence-electron chi connectivity index (χ3n) is 4.45. The quantitative estimate of drug-likeness (QED) is 0.144. The van der Waals surface area contributed by atoms with Crippen LogP contribution in [-0.4, -0.2) is 5.38 Å². The fraction of sp³-hybridized carbons (Fsp3) is 0.667. The molecule has 138 valence electrons. The van der Waals surface area contributed by atoms with Crippen LogP contribution in [0.1, 0.15) is 71.3 Å². The topological polar surface area (TPSA) is 0 Å². The molecule has 0 fully saturated rings. The number of hydrogen-bond donors (Lipinski definition) is 0. The summed E-state index contributed by atoms with van der Waals surface area (Å²) in [5.41, 5.74) is -2.22. The van der Waals surface area contributed by atoms with Crippen LogP contribution in [0.25, 0.3) is 0 Å². The van der Waals surface area contributed by atoms with Crippen LogP contribution in [-0.2, 0) is 5.41 Å². The summed E-state index contributed by atoms with van der Waals surface area (Å²) in [6, 6.07) is 0. The first-order valence-corrected chi connectivity index (χ1v) is 8.75. The lowest BCUT2D eigenvalue weighted by Gasteiger charge is -2.31. The van der Waals surface area contributed by atoms with Crippen LogP contribution in [0.5, 0.6) is 0 Å². The molecule has 6 heteroatoms. The van der Waals surface area contributed by atoms with E-state index in [1.165, 1.54) is 13.8 Å². The van der Waals surface area contributed by atoms with Crippen molar-refractivity contribution >= 4 is 11.6 Å². The van der Waals surface area contributed by atoms with Crippen molar-refractivity contribution in [2.45, 2.75) is 76.5 Å². The van der Waals surface area contributed by atoms with Crippen LogP contribution in [0.3, 0.4) is 0 Å². The van der Waals surface area contributed by atoms with Gasteiger partial charge in [0.1, 0.15) is 0 Å². The summed E-state index contributed by atoms with van der Waals surface area (Å²) in [6.45, 7) is 4.92. The Labute approximate surface area is 145 Å². The second-order valence-electron chi connectivity index (χ2n) is 6.69. The normalized spacial score (nSPS) is 13.4. The Bertz CT molecular complexity index is 528. The minimum atomic E-state index is -2.15. The number of rotatable bonds is 9. The molecule has 0 saturated heterocycles. The van der Waals surface area contributed by atoms with Gasteiger partial charge in [-0.2, -0.15) is 0 Å². The van der Waals surface area contributed by atoms with Gasteiger partial charge in [-0.15, -0.1) is 11.6 Å². The van der Waals surface area contributed by atoms with E-state index in [2.05, 4.69) is 6.92 Å². The van der Waals surface area contributed by atoms with E-state index in [1.54, 1.807) is 0 Å². The molecule has 0 aromatic heterocycles. The summed E-state index contributed by atoms with van der Waals surface area (Å²) in [4.78, 5) is 0. The van der Waals surface area contributed by atoms with Crippen molar-refractivity contribution < 1.29 is 22.0 Å². The molecule has 1 unspecified atom stereocenters. The van der Waals surface area contributed by atoms with Crippen molar-refractivity contribution in [3.05, 3.63) is 34.6 Å². The number of unbranched alkanes of at least 4 members (excludes halogenated alkanes) is 5. The maximum Gasteiger partial charge on any atom is 0.200 e. The standard InChI is InChI=1S/C18H24ClF5/c1-4-5-6-7-8-9-10-11(19)18(2,3)12-13(20)15(22)17(24)16(23)14(12)21/h11H,4-10H2,1-3H3. The third-order valence-corrected chi connectivity index (χ3v) is 5.21. The lowest BCUT2D eigenvalue weighted by molar-refractivity contribution is 0.338. The van der Waals surface area contributed by atoms with Gasteiger partial charge in [-0.25, -0.2) is 22.0 Å². The molecule has 0 bridgehead atoms.